The summed E-state index contributed by atoms with van der Waals surface area (Å²) in [6.07, 6.45) is 11.6. The molecule has 0 saturated carbocycles. The zero-order valence-corrected chi connectivity index (χ0v) is 17.9. The molecule has 0 amide bonds. The van der Waals surface area contributed by atoms with Crippen molar-refractivity contribution in [2.24, 2.45) is 0 Å². The first-order chi connectivity index (χ1) is 15.1. The average Bonchev–Trinajstić information content (AvgIpc) is 3.19. The maximum absolute atomic E-state index is 13.4. The Morgan fingerprint density at radius 3 is 2.61 bits per heavy atom. The number of terminal acetylenes is 1. The first-order valence-corrected chi connectivity index (χ1v) is 10.4. The Morgan fingerprint density at radius 1 is 1.23 bits per heavy atom. The number of hydrogen-bond acceptors (Lipinski definition) is 4. The molecule has 1 saturated heterocycles. The summed E-state index contributed by atoms with van der Waals surface area (Å²) in [6.45, 7) is 2.86. The van der Waals surface area contributed by atoms with Gasteiger partial charge in [0, 0.05) is 21.4 Å². The second-order valence-electron chi connectivity index (χ2n) is 7.49. The van der Waals surface area contributed by atoms with Gasteiger partial charge in [-0.15, -0.1) is 12.8 Å². The lowest BCUT2D eigenvalue weighted by Gasteiger charge is -2.38. The van der Waals surface area contributed by atoms with Crippen molar-refractivity contribution in [1.82, 2.24) is 15.1 Å². The summed E-state index contributed by atoms with van der Waals surface area (Å²) in [5.41, 5.74) is 2.73. The summed E-state index contributed by atoms with van der Waals surface area (Å²) < 4.78 is 21.3. The summed E-state index contributed by atoms with van der Waals surface area (Å²) in [5.74, 6) is -0.231. The van der Waals surface area contributed by atoms with Crippen LogP contribution in [0.4, 0.5) is 4.39 Å². The Bertz CT molecular complexity index is 1080. The number of hydrogen-bond donors (Lipinski definition) is 1. The Kier molecular flexibility index (Phi) is 7.65. The second kappa shape index (κ2) is 10.4. The van der Waals surface area contributed by atoms with E-state index in [0.717, 1.165) is 48.0 Å². The number of halogens is 2. The van der Waals surface area contributed by atoms with Gasteiger partial charge in [0.2, 0.25) is 0 Å². The van der Waals surface area contributed by atoms with Crippen LogP contribution < -0.4 is 5.32 Å². The molecule has 0 spiro atoms. The number of nitriles is 1. The standard InChI is InChI=1S/C22H22ClFN4O.C2H2/c23-19-11-16-13-27-28(10-7-25)21(16)17(12-19)14-29-15-22(5-8-26-9-6-22)18-1-3-20(24)4-2-18;1-2/h1-4,11-13,26H,5-6,8-10,14-15H2;1-2H. The first-order valence-electron chi connectivity index (χ1n) is 10.00. The summed E-state index contributed by atoms with van der Waals surface area (Å²) in [5, 5.41) is 18.3. The predicted molar refractivity (Wildman–Crippen MR) is 120 cm³/mol. The van der Waals surface area contributed by atoms with Crippen LogP contribution in [0.25, 0.3) is 10.9 Å². The maximum atomic E-state index is 13.4. The minimum Gasteiger partial charge on any atom is -0.376 e. The number of nitrogens with zero attached hydrogens (tertiary/aromatic N) is 3. The monoisotopic (exact) mass is 438 g/mol. The van der Waals surface area contributed by atoms with E-state index in [1.807, 2.05) is 24.3 Å². The molecule has 1 aromatic heterocycles. The molecule has 1 N–H and O–H groups in total. The molecule has 0 atom stereocenters. The van der Waals surface area contributed by atoms with Gasteiger partial charge in [0.25, 0.3) is 0 Å². The lowest BCUT2D eigenvalue weighted by molar-refractivity contribution is 0.0569. The molecule has 1 aliphatic rings. The summed E-state index contributed by atoms with van der Waals surface area (Å²) in [6, 6.07) is 12.6. The van der Waals surface area contributed by atoms with Gasteiger partial charge in [0.15, 0.2) is 0 Å². The first kappa shape index (κ1) is 22.8. The molecule has 160 valence electrons. The van der Waals surface area contributed by atoms with Crippen LogP contribution in [-0.4, -0.2) is 29.5 Å². The minimum absolute atomic E-state index is 0.149. The van der Waals surface area contributed by atoms with E-state index in [1.54, 1.807) is 10.9 Å². The Morgan fingerprint density at radius 2 is 1.94 bits per heavy atom. The Hall–Kier alpha value is -2.90. The molecule has 5 nitrogen and oxygen atoms in total. The maximum Gasteiger partial charge on any atom is 0.128 e. The Balaban J connectivity index is 0.00000132. The van der Waals surface area contributed by atoms with Crippen molar-refractivity contribution in [2.75, 3.05) is 19.7 Å². The molecule has 0 unspecified atom stereocenters. The molecule has 1 aliphatic heterocycles. The van der Waals surface area contributed by atoms with Gasteiger partial charge in [-0.2, -0.15) is 10.4 Å². The van der Waals surface area contributed by atoms with E-state index in [4.69, 9.17) is 21.6 Å². The van der Waals surface area contributed by atoms with Gasteiger partial charge in [-0.25, -0.2) is 4.39 Å². The van der Waals surface area contributed by atoms with Crippen molar-refractivity contribution >= 4 is 22.5 Å². The van der Waals surface area contributed by atoms with E-state index < -0.39 is 0 Å². The fraction of sp³-hybridized carbons (Fsp3) is 0.333. The number of fused-ring (bicyclic) bond motifs is 1. The third-order valence-electron chi connectivity index (χ3n) is 5.65. The van der Waals surface area contributed by atoms with Crippen LogP contribution >= 0.6 is 11.6 Å². The number of ether oxygens (including phenoxy) is 1. The normalized spacial score (nSPS) is 15.1. The van der Waals surface area contributed by atoms with Crippen LogP contribution in [0, 0.1) is 30.0 Å². The predicted octanol–water partition coefficient (Wildman–Crippen LogP) is 4.44. The highest BCUT2D eigenvalue weighted by atomic mass is 35.5. The highest BCUT2D eigenvalue weighted by Crippen LogP contribution is 2.35. The molecule has 4 rings (SSSR count). The van der Waals surface area contributed by atoms with Crippen molar-refractivity contribution in [2.45, 2.75) is 31.4 Å². The van der Waals surface area contributed by atoms with E-state index >= 15 is 0 Å². The van der Waals surface area contributed by atoms with Crippen LogP contribution in [0.15, 0.2) is 42.6 Å². The minimum atomic E-state index is -0.231. The van der Waals surface area contributed by atoms with E-state index in [1.165, 1.54) is 12.1 Å². The van der Waals surface area contributed by atoms with Gasteiger partial charge in [-0.1, -0.05) is 23.7 Å². The summed E-state index contributed by atoms with van der Waals surface area (Å²) >= 11 is 6.27. The molecular weight excluding hydrogens is 415 g/mol. The number of nitrogens with one attached hydrogen (secondary N) is 1. The molecule has 0 radical (unpaired) electrons. The molecular formula is C24H24ClFN4O. The van der Waals surface area contributed by atoms with Crippen molar-refractivity contribution in [3.8, 4) is 18.9 Å². The summed E-state index contributed by atoms with van der Waals surface area (Å²) in [7, 11) is 0. The molecule has 2 heterocycles. The zero-order chi connectivity index (χ0) is 22.3. The van der Waals surface area contributed by atoms with Gasteiger partial charge in [-0.05, 0) is 55.8 Å². The van der Waals surface area contributed by atoms with Gasteiger partial charge < -0.3 is 10.1 Å². The van der Waals surface area contributed by atoms with E-state index in [-0.39, 0.29) is 17.8 Å². The Labute approximate surface area is 186 Å². The second-order valence-corrected chi connectivity index (χ2v) is 7.93. The molecule has 1 fully saturated rings. The third kappa shape index (κ3) is 5.06. The van der Waals surface area contributed by atoms with Crippen LogP contribution in [0.1, 0.15) is 24.0 Å². The molecule has 0 aliphatic carbocycles. The highest BCUT2D eigenvalue weighted by Gasteiger charge is 2.34. The van der Waals surface area contributed by atoms with Crippen LogP contribution in [0.2, 0.25) is 5.02 Å². The lowest BCUT2D eigenvalue weighted by atomic mass is 9.74. The largest absolute Gasteiger partial charge is 0.376 e. The van der Waals surface area contributed by atoms with Crippen molar-refractivity contribution in [3.05, 3.63) is 64.6 Å². The topological polar surface area (TPSA) is 62.9 Å². The SMILES string of the molecule is C#C.N#CCn1ncc2cc(Cl)cc(COCC3(c4ccc(F)cc4)CCNCC3)c21. The van der Waals surface area contributed by atoms with E-state index in [0.29, 0.717) is 18.2 Å². The number of piperidine rings is 1. The lowest BCUT2D eigenvalue weighted by Crippen LogP contribution is -2.43. The van der Waals surface area contributed by atoms with Crippen LogP contribution in [0.5, 0.6) is 0 Å². The van der Waals surface area contributed by atoms with Crippen molar-refractivity contribution in [3.63, 3.8) is 0 Å². The van der Waals surface area contributed by atoms with Gasteiger partial charge >= 0.3 is 0 Å². The third-order valence-corrected chi connectivity index (χ3v) is 5.87. The highest BCUT2D eigenvalue weighted by molar-refractivity contribution is 6.31. The van der Waals surface area contributed by atoms with Gasteiger partial charge in [0.05, 0.1) is 31.0 Å². The van der Waals surface area contributed by atoms with E-state index in [2.05, 4.69) is 29.3 Å². The molecule has 3 aromatic rings. The van der Waals surface area contributed by atoms with Crippen LogP contribution in [-0.2, 0) is 23.3 Å². The smallest absolute Gasteiger partial charge is 0.128 e. The zero-order valence-electron chi connectivity index (χ0n) is 17.2. The summed E-state index contributed by atoms with van der Waals surface area (Å²) in [4.78, 5) is 0. The molecule has 2 aromatic carbocycles. The number of rotatable bonds is 6. The molecule has 31 heavy (non-hydrogen) atoms. The average molecular weight is 439 g/mol. The number of aromatic nitrogens is 2. The van der Waals surface area contributed by atoms with Crippen molar-refractivity contribution < 1.29 is 9.13 Å². The van der Waals surface area contributed by atoms with Crippen LogP contribution in [0.3, 0.4) is 0 Å². The molecule has 0 bridgehead atoms. The fourth-order valence-electron chi connectivity index (χ4n) is 4.16. The quantitative estimate of drug-likeness (QED) is 0.578. The van der Waals surface area contributed by atoms with Gasteiger partial charge in [0.1, 0.15) is 12.4 Å². The van der Waals surface area contributed by atoms with Gasteiger partial charge in [-0.3, -0.25) is 4.68 Å². The fourth-order valence-corrected chi connectivity index (χ4v) is 4.41. The van der Waals surface area contributed by atoms with Crippen molar-refractivity contribution in [1.29, 1.82) is 5.26 Å². The molecule has 7 heteroatoms. The van der Waals surface area contributed by atoms with E-state index in [9.17, 15) is 4.39 Å². The number of benzene rings is 2.